The second-order valence-electron chi connectivity index (χ2n) is 6.46. The molecule has 0 aliphatic carbocycles. The van der Waals surface area contributed by atoms with Crippen molar-refractivity contribution in [1.29, 1.82) is 0 Å². The Morgan fingerprint density at radius 2 is 1.81 bits per heavy atom. The summed E-state index contributed by atoms with van der Waals surface area (Å²) in [4.78, 5) is 6.34. The van der Waals surface area contributed by atoms with Crippen LogP contribution in [0.25, 0.3) is 5.69 Å². The highest BCUT2D eigenvalue weighted by Crippen LogP contribution is 2.29. The summed E-state index contributed by atoms with van der Waals surface area (Å²) in [6.45, 7) is 5.26. The Bertz CT molecular complexity index is 877. The molecule has 0 saturated carbocycles. The van der Waals surface area contributed by atoms with Crippen LogP contribution in [0.15, 0.2) is 53.9 Å². The van der Waals surface area contributed by atoms with E-state index in [-0.39, 0.29) is 0 Å². The van der Waals surface area contributed by atoms with E-state index < -0.39 is 0 Å². The highest BCUT2D eigenvalue weighted by molar-refractivity contribution is 7.99. The van der Waals surface area contributed by atoms with Crippen LogP contribution in [0.5, 0.6) is 0 Å². The largest absolute Gasteiger partial charge is 0.378 e. The number of hydrogen-bond acceptors (Lipinski definition) is 6. The highest BCUT2D eigenvalue weighted by atomic mass is 32.2. The smallest absolute Gasteiger partial charge is 0.232 e. The number of benzene rings is 1. The number of ether oxygens (including phenoxy) is 1. The number of pyridine rings is 1. The van der Waals surface area contributed by atoms with Crippen molar-refractivity contribution < 1.29 is 4.74 Å². The van der Waals surface area contributed by atoms with Crippen LogP contribution in [0.4, 0.5) is 5.95 Å². The number of nitrogens with zero attached hydrogens (tertiary/aromatic N) is 5. The Kier molecular flexibility index (Phi) is 5.69. The predicted molar refractivity (Wildman–Crippen MR) is 108 cm³/mol. The fraction of sp³-hybridized carbons (Fsp3) is 0.350. The topological polar surface area (TPSA) is 56.1 Å². The molecule has 7 heteroatoms. The predicted octanol–water partition coefficient (Wildman–Crippen LogP) is 3.14. The van der Waals surface area contributed by atoms with Crippen LogP contribution in [0.3, 0.4) is 0 Å². The number of morpholine rings is 1. The first-order valence-electron chi connectivity index (χ1n) is 9.19. The van der Waals surface area contributed by atoms with Gasteiger partial charge in [0.25, 0.3) is 0 Å². The first-order valence-corrected chi connectivity index (χ1v) is 10.2. The zero-order valence-corrected chi connectivity index (χ0v) is 16.2. The first kappa shape index (κ1) is 18.0. The average molecular weight is 382 g/mol. The summed E-state index contributed by atoms with van der Waals surface area (Å²) in [5.41, 5.74) is 3.63. The van der Waals surface area contributed by atoms with Crippen molar-refractivity contribution in [3.63, 3.8) is 0 Å². The molecule has 27 heavy (non-hydrogen) atoms. The molecule has 3 heterocycles. The molecule has 0 N–H and O–H groups in total. The van der Waals surface area contributed by atoms with E-state index in [9.17, 15) is 0 Å². The maximum absolute atomic E-state index is 5.50. The second kappa shape index (κ2) is 8.54. The van der Waals surface area contributed by atoms with E-state index in [2.05, 4.69) is 68.0 Å². The lowest BCUT2D eigenvalue weighted by Crippen LogP contribution is -2.38. The van der Waals surface area contributed by atoms with Gasteiger partial charge in [-0.3, -0.25) is 9.55 Å². The van der Waals surface area contributed by atoms with Gasteiger partial charge in [-0.1, -0.05) is 30.0 Å². The van der Waals surface area contributed by atoms with Gasteiger partial charge in [-0.15, -0.1) is 10.2 Å². The van der Waals surface area contributed by atoms with E-state index >= 15 is 0 Å². The number of rotatable bonds is 6. The molecule has 1 saturated heterocycles. The molecule has 0 unspecified atom stereocenters. The van der Waals surface area contributed by atoms with Crippen LogP contribution in [-0.4, -0.2) is 51.8 Å². The number of hydrogen-bond donors (Lipinski definition) is 0. The SMILES string of the molecule is Cc1ccccc1-n1c(SCCc2ccncc2)nnc1N1CCOCC1. The molecule has 1 fully saturated rings. The van der Waals surface area contributed by atoms with Gasteiger partial charge >= 0.3 is 0 Å². The summed E-state index contributed by atoms with van der Waals surface area (Å²) in [5.74, 6) is 1.84. The number of aryl methyl sites for hydroxylation is 2. The van der Waals surface area contributed by atoms with Crippen LogP contribution in [0.1, 0.15) is 11.1 Å². The molecule has 0 bridgehead atoms. The summed E-state index contributed by atoms with van der Waals surface area (Å²) in [5, 5.41) is 9.99. The Hall–Kier alpha value is -2.38. The molecular formula is C20H23N5OS. The van der Waals surface area contributed by atoms with Gasteiger partial charge in [-0.25, -0.2) is 0 Å². The Morgan fingerprint density at radius 1 is 1.04 bits per heavy atom. The van der Waals surface area contributed by atoms with Gasteiger partial charge in [0.1, 0.15) is 0 Å². The first-order chi connectivity index (χ1) is 13.3. The minimum atomic E-state index is 0.727. The van der Waals surface area contributed by atoms with Gasteiger partial charge in [-0.05, 0) is 42.7 Å². The van der Waals surface area contributed by atoms with Gasteiger partial charge in [0.2, 0.25) is 5.95 Å². The number of para-hydroxylation sites is 1. The van der Waals surface area contributed by atoms with E-state index in [1.165, 1.54) is 11.1 Å². The third kappa shape index (κ3) is 4.14. The Balaban J connectivity index is 1.60. The quantitative estimate of drug-likeness (QED) is 0.612. The number of anilines is 1. The Labute approximate surface area is 163 Å². The molecule has 0 amide bonds. The van der Waals surface area contributed by atoms with Gasteiger partial charge in [0.05, 0.1) is 18.9 Å². The van der Waals surface area contributed by atoms with Gasteiger partial charge in [0.15, 0.2) is 5.16 Å². The normalized spacial score (nSPS) is 14.5. The van der Waals surface area contributed by atoms with Crippen LogP contribution in [0.2, 0.25) is 0 Å². The maximum atomic E-state index is 5.50. The van der Waals surface area contributed by atoms with Crippen molar-refractivity contribution in [3.05, 3.63) is 59.9 Å². The standard InChI is InChI=1S/C20H23N5OS/c1-16-4-2-3-5-18(16)25-19(24-11-13-26-14-12-24)22-23-20(25)27-15-8-17-6-9-21-10-7-17/h2-7,9-10H,8,11-15H2,1H3. The third-order valence-electron chi connectivity index (χ3n) is 4.64. The second-order valence-corrected chi connectivity index (χ2v) is 7.52. The summed E-state index contributed by atoms with van der Waals surface area (Å²) < 4.78 is 7.69. The van der Waals surface area contributed by atoms with Crippen molar-refractivity contribution >= 4 is 17.7 Å². The zero-order chi connectivity index (χ0) is 18.5. The fourth-order valence-electron chi connectivity index (χ4n) is 3.16. The molecule has 1 aromatic carbocycles. The zero-order valence-electron chi connectivity index (χ0n) is 15.4. The van der Waals surface area contributed by atoms with E-state index in [1.54, 1.807) is 11.8 Å². The fourth-order valence-corrected chi connectivity index (χ4v) is 4.09. The summed E-state index contributed by atoms with van der Waals surface area (Å²) in [7, 11) is 0. The highest BCUT2D eigenvalue weighted by Gasteiger charge is 2.22. The van der Waals surface area contributed by atoms with E-state index in [1.807, 2.05) is 12.4 Å². The van der Waals surface area contributed by atoms with Crippen LogP contribution < -0.4 is 4.90 Å². The van der Waals surface area contributed by atoms with Crippen molar-refractivity contribution in [3.8, 4) is 5.69 Å². The molecule has 140 valence electrons. The maximum Gasteiger partial charge on any atom is 0.232 e. The molecule has 0 atom stereocenters. The lowest BCUT2D eigenvalue weighted by atomic mass is 10.2. The monoisotopic (exact) mass is 381 g/mol. The number of thioether (sulfide) groups is 1. The van der Waals surface area contributed by atoms with Crippen molar-refractivity contribution in [2.45, 2.75) is 18.5 Å². The summed E-state index contributed by atoms with van der Waals surface area (Å²) >= 11 is 1.74. The van der Waals surface area contributed by atoms with Gasteiger partial charge in [-0.2, -0.15) is 0 Å². The Morgan fingerprint density at radius 3 is 2.59 bits per heavy atom. The number of aromatic nitrogens is 4. The van der Waals surface area contributed by atoms with E-state index in [0.29, 0.717) is 0 Å². The molecule has 3 aromatic rings. The van der Waals surface area contributed by atoms with Gasteiger partial charge in [0, 0.05) is 31.2 Å². The average Bonchev–Trinajstić information content (AvgIpc) is 3.13. The van der Waals surface area contributed by atoms with E-state index in [0.717, 1.165) is 55.3 Å². The van der Waals surface area contributed by atoms with Crippen molar-refractivity contribution in [2.75, 3.05) is 37.0 Å². The van der Waals surface area contributed by atoms with E-state index in [4.69, 9.17) is 4.74 Å². The summed E-state index contributed by atoms with van der Waals surface area (Å²) in [6, 6.07) is 12.5. The minimum absolute atomic E-state index is 0.727. The molecular weight excluding hydrogens is 358 g/mol. The third-order valence-corrected chi connectivity index (χ3v) is 5.57. The van der Waals surface area contributed by atoms with Crippen LogP contribution in [-0.2, 0) is 11.2 Å². The molecule has 0 radical (unpaired) electrons. The molecule has 4 rings (SSSR count). The molecule has 0 spiro atoms. The summed E-state index contributed by atoms with van der Waals surface area (Å²) in [6.07, 6.45) is 4.65. The molecule has 1 aliphatic heterocycles. The van der Waals surface area contributed by atoms with Crippen LogP contribution in [0, 0.1) is 6.92 Å². The lowest BCUT2D eigenvalue weighted by molar-refractivity contribution is 0.122. The van der Waals surface area contributed by atoms with Gasteiger partial charge < -0.3 is 9.64 Å². The molecule has 2 aromatic heterocycles. The van der Waals surface area contributed by atoms with Crippen molar-refractivity contribution in [1.82, 2.24) is 19.7 Å². The minimum Gasteiger partial charge on any atom is -0.378 e. The lowest BCUT2D eigenvalue weighted by Gasteiger charge is -2.28. The van der Waals surface area contributed by atoms with Crippen molar-refractivity contribution in [2.24, 2.45) is 0 Å². The molecule has 6 nitrogen and oxygen atoms in total. The van der Waals surface area contributed by atoms with Crippen LogP contribution >= 0.6 is 11.8 Å². The molecule has 1 aliphatic rings.